The van der Waals surface area contributed by atoms with Crippen LogP contribution in [0.4, 0.5) is 0 Å². The third kappa shape index (κ3) is 3.42. The molecule has 3 nitrogen and oxygen atoms in total. The summed E-state index contributed by atoms with van der Waals surface area (Å²) in [7, 11) is 0. The van der Waals surface area contributed by atoms with E-state index in [9.17, 15) is 4.79 Å². The lowest BCUT2D eigenvalue weighted by Gasteiger charge is -2.10. The van der Waals surface area contributed by atoms with Gasteiger partial charge in [0.25, 0.3) is 0 Å². The van der Waals surface area contributed by atoms with Gasteiger partial charge in [-0.05, 0) is 18.4 Å². The van der Waals surface area contributed by atoms with E-state index in [0.29, 0.717) is 17.4 Å². The highest BCUT2D eigenvalue weighted by molar-refractivity contribution is 7.14. The third-order valence-electron chi connectivity index (χ3n) is 2.87. The van der Waals surface area contributed by atoms with E-state index < -0.39 is 5.97 Å². The molecule has 0 bridgehead atoms. The van der Waals surface area contributed by atoms with Crippen molar-refractivity contribution in [1.29, 1.82) is 0 Å². The van der Waals surface area contributed by atoms with E-state index in [1.54, 1.807) is 22.8 Å². The van der Waals surface area contributed by atoms with E-state index in [-0.39, 0.29) is 0 Å². The van der Waals surface area contributed by atoms with E-state index in [0.717, 1.165) is 22.0 Å². The van der Waals surface area contributed by atoms with Crippen molar-refractivity contribution in [2.24, 2.45) is 5.92 Å². The molecule has 2 aromatic rings. The van der Waals surface area contributed by atoms with Gasteiger partial charge in [-0.1, -0.05) is 20.8 Å². The molecule has 0 saturated heterocycles. The normalized spacial score (nSPS) is 12.8. The van der Waals surface area contributed by atoms with Crippen LogP contribution in [0.1, 0.15) is 48.5 Å². The first kappa shape index (κ1) is 14.2. The number of hydrogen-bond acceptors (Lipinski definition) is 4. The zero-order chi connectivity index (χ0) is 14.0. The summed E-state index contributed by atoms with van der Waals surface area (Å²) in [6.45, 7) is 6.62. The van der Waals surface area contributed by atoms with Crippen molar-refractivity contribution in [3.05, 3.63) is 27.4 Å². The van der Waals surface area contributed by atoms with Crippen molar-refractivity contribution in [3.63, 3.8) is 0 Å². The van der Waals surface area contributed by atoms with Crippen molar-refractivity contribution >= 4 is 28.6 Å². The molecule has 0 aromatic carbocycles. The van der Waals surface area contributed by atoms with Crippen LogP contribution in [0, 0.1) is 5.92 Å². The number of thiazole rings is 1. The zero-order valence-electron chi connectivity index (χ0n) is 11.2. The molecule has 0 aliphatic heterocycles. The maximum absolute atomic E-state index is 10.9. The Morgan fingerprint density at radius 2 is 2.05 bits per heavy atom. The molecule has 102 valence electrons. The lowest BCUT2D eigenvalue weighted by Crippen LogP contribution is -1.98. The fourth-order valence-electron chi connectivity index (χ4n) is 2.02. The molecule has 2 rings (SSSR count). The SMILES string of the molecule is CC(C)CC(C)c1nc(-c2cc(C(=O)O)cs2)cs1. The number of thiophene rings is 1. The van der Waals surface area contributed by atoms with Crippen LogP contribution in [-0.4, -0.2) is 16.1 Å². The van der Waals surface area contributed by atoms with Crippen LogP contribution in [0.2, 0.25) is 0 Å². The van der Waals surface area contributed by atoms with Gasteiger partial charge < -0.3 is 5.11 Å². The molecule has 0 radical (unpaired) electrons. The van der Waals surface area contributed by atoms with Crippen LogP contribution < -0.4 is 0 Å². The van der Waals surface area contributed by atoms with Crippen molar-refractivity contribution in [3.8, 4) is 10.6 Å². The Kier molecular flexibility index (Phi) is 4.37. The number of rotatable bonds is 5. The standard InChI is InChI=1S/C14H17NO2S2/c1-8(2)4-9(3)13-15-11(7-19-13)12-5-10(6-18-12)14(16)17/h5-9H,4H2,1-3H3,(H,16,17). The Morgan fingerprint density at radius 3 is 2.63 bits per heavy atom. The number of nitrogens with zero attached hydrogens (tertiary/aromatic N) is 1. The monoisotopic (exact) mass is 295 g/mol. The number of carboxylic acid groups (broad SMARTS) is 1. The Morgan fingerprint density at radius 1 is 1.32 bits per heavy atom. The molecule has 2 aromatic heterocycles. The lowest BCUT2D eigenvalue weighted by atomic mass is 10.00. The van der Waals surface area contributed by atoms with Gasteiger partial charge in [-0.2, -0.15) is 0 Å². The van der Waals surface area contributed by atoms with Crippen LogP contribution in [0.5, 0.6) is 0 Å². The first-order valence-corrected chi connectivity index (χ1v) is 8.01. The van der Waals surface area contributed by atoms with Crippen LogP contribution in [-0.2, 0) is 0 Å². The number of carboxylic acids is 1. The zero-order valence-corrected chi connectivity index (χ0v) is 12.8. The Balaban J connectivity index is 2.18. The maximum Gasteiger partial charge on any atom is 0.336 e. The molecular weight excluding hydrogens is 278 g/mol. The molecule has 19 heavy (non-hydrogen) atoms. The fourth-order valence-corrected chi connectivity index (χ4v) is 3.83. The van der Waals surface area contributed by atoms with Crippen LogP contribution >= 0.6 is 22.7 Å². The molecule has 1 atom stereocenters. The van der Waals surface area contributed by atoms with Gasteiger partial charge in [0.05, 0.1) is 21.1 Å². The number of hydrogen-bond donors (Lipinski definition) is 1. The second-order valence-electron chi connectivity index (χ2n) is 5.11. The van der Waals surface area contributed by atoms with Gasteiger partial charge in [-0.3, -0.25) is 0 Å². The van der Waals surface area contributed by atoms with Crippen molar-refractivity contribution in [2.75, 3.05) is 0 Å². The Hall–Kier alpha value is -1.20. The maximum atomic E-state index is 10.9. The molecule has 0 amide bonds. The van der Waals surface area contributed by atoms with E-state index in [2.05, 4.69) is 25.8 Å². The Bertz CT molecular complexity index is 572. The number of aromatic carboxylic acids is 1. The molecule has 5 heteroatoms. The predicted molar refractivity (Wildman–Crippen MR) is 80.3 cm³/mol. The van der Waals surface area contributed by atoms with Gasteiger partial charge in [0.2, 0.25) is 0 Å². The highest BCUT2D eigenvalue weighted by atomic mass is 32.1. The summed E-state index contributed by atoms with van der Waals surface area (Å²) in [5.74, 6) is 0.228. The van der Waals surface area contributed by atoms with Gasteiger partial charge in [0, 0.05) is 16.7 Å². The highest BCUT2D eigenvalue weighted by Gasteiger charge is 2.15. The first-order chi connectivity index (χ1) is 8.97. The van der Waals surface area contributed by atoms with Gasteiger partial charge in [-0.25, -0.2) is 9.78 Å². The summed E-state index contributed by atoms with van der Waals surface area (Å²) in [5.41, 5.74) is 1.23. The largest absolute Gasteiger partial charge is 0.478 e. The quantitative estimate of drug-likeness (QED) is 0.868. The van der Waals surface area contributed by atoms with E-state index in [4.69, 9.17) is 5.11 Å². The topological polar surface area (TPSA) is 50.2 Å². The molecular formula is C14H17NO2S2. The summed E-state index contributed by atoms with van der Waals surface area (Å²) < 4.78 is 0. The highest BCUT2D eigenvalue weighted by Crippen LogP contribution is 2.32. The molecule has 0 aliphatic carbocycles. The first-order valence-electron chi connectivity index (χ1n) is 6.25. The third-order valence-corrected chi connectivity index (χ3v) is 4.90. The van der Waals surface area contributed by atoms with Crippen LogP contribution in [0.3, 0.4) is 0 Å². The van der Waals surface area contributed by atoms with Gasteiger partial charge >= 0.3 is 5.97 Å². The molecule has 0 spiro atoms. The minimum atomic E-state index is -0.883. The molecule has 0 fully saturated rings. The average Bonchev–Trinajstić information content (AvgIpc) is 2.97. The summed E-state index contributed by atoms with van der Waals surface area (Å²) in [6.07, 6.45) is 1.12. The summed E-state index contributed by atoms with van der Waals surface area (Å²) in [5, 5.41) is 13.7. The molecule has 1 N–H and O–H groups in total. The van der Waals surface area contributed by atoms with E-state index >= 15 is 0 Å². The molecule has 0 aliphatic rings. The number of carbonyl (C=O) groups is 1. The summed E-state index contributed by atoms with van der Waals surface area (Å²) in [4.78, 5) is 16.4. The minimum Gasteiger partial charge on any atom is -0.478 e. The molecule has 0 saturated carbocycles. The average molecular weight is 295 g/mol. The van der Waals surface area contributed by atoms with Gasteiger partial charge in [-0.15, -0.1) is 22.7 Å². The second-order valence-corrected chi connectivity index (χ2v) is 6.91. The van der Waals surface area contributed by atoms with Crippen molar-refractivity contribution in [1.82, 2.24) is 4.98 Å². The summed E-state index contributed by atoms with van der Waals surface area (Å²) >= 11 is 3.09. The summed E-state index contributed by atoms with van der Waals surface area (Å²) in [6, 6.07) is 1.69. The van der Waals surface area contributed by atoms with E-state index in [1.165, 1.54) is 11.3 Å². The van der Waals surface area contributed by atoms with Crippen LogP contribution in [0.15, 0.2) is 16.8 Å². The van der Waals surface area contributed by atoms with Gasteiger partial charge in [0.1, 0.15) is 0 Å². The van der Waals surface area contributed by atoms with Crippen molar-refractivity contribution in [2.45, 2.75) is 33.1 Å². The smallest absolute Gasteiger partial charge is 0.336 e. The number of aromatic nitrogens is 1. The molecule has 2 heterocycles. The molecule has 1 unspecified atom stereocenters. The minimum absolute atomic E-state index is 0.338. The van der Waals surface area contributed by atoms with Crippen LogP contribution in [0.25, 0.3) is 10.6 Å². The van der Waals surface area contributed by atoms with Gasteiger partial charge in [0.15, 0.2) is 0 Å². The second kappa shape index (κ2) is 5.84. The predicted octanol–water partition coefficient (Wildman–Crippen LogP) is 4.72. The Labute approximate surface area is 120 Å². The lowest BCUT2D eigenvalue weighted by molar-refractivity contribution is 0.0697. The fraction of sp³-hybridized carbons (Fsp3) is 0.429. The van der Waals surface area contributed by atoms with E-state index in [1.807, 2.05) is 5.38 Å². The van der Waals surface area contributed by atoms with Crippen molar-refractivity contribution < 1.29 is 9.90 Å².